The zero-order valence-corrected chi connectivity index (χ0v) is 15.2. The number of hydrogen-bond donors (Lipinski definition) is 0. The molecule has 1 heterocycles. The van der Waals surface area contributed by atoms with E-state index in [9.17, 15) is 0 Å². The molecule has 4 rings (SSSR count). The third-order valence-electron chi connectivity index (χ3n) is 5.99. The summed E-state index contributed by atoms with van der Waals surface area (Å²) in [5.74, 6) is 8.03. The molecule has 1 atom stereocenters. The molecular weight excluding hydrogens is 302 g/mol. The van der Waals surface area contributed by atoms with Gasteiger partial charge in [-0.3, -0.25) is 4.90 Å². The molecule has 1 aliphatic carbocycles. The van der Waals surface area contributed by atoms with E-state index in [1.165, 1.54) is 75.2 Å². The fourth-order valence-electron chi connectivity index (χ4n) is 4.58. The highest BCUT2D eigenvalue weighted by atomic mass is 15.2. The molecule has 1 aliphatic heterocycles. The van der Waals surface area contributed by atoms with E-state index >= 15 is 0 Å². The first kappa shape index (κ1) is 16.7. The monoisotopic (exact) mass is 331 g/mol. The van der Waals surface area contributed by atoms with Gasteiger partial charge in [-0.1, -0.05) is 67.9 Å². The summed E-state index contributed by atoms with van der Waals surface area (Å²) < 4.78 is 0. The van der Waals surface area contributed by atoms with E-state index in [0.717, 1.165) is 11.5 Å². The molecule has 1 unspecified atom stereocenters. The molecule has 1 nitrogen and oxygen atoms in total. The first-order chi connectivity index (χ1) is 12.4. The van der Waals surface area contributed by atoms with E-state index in [2.05, 4.69) is 59.2 Å². The van der Waals surface area contributed by atoms with Gasteiger partial charge in [-0.15, -0.1) is 0 Å². The largest absolute Gasteiger partial charge is 0.290 e. The van der Waals surface area contributed by atoms with E-state index in [1.807, 2.05) is 0 Å². The van der Waals surface area contributed by atoms with Crippen molar-refractivity contribution in [1.82, 2.24) is 4.90 Å². The molecule has 2 aliphatic rings. The van der Waals surface area contributed by atoms with Crippen LogP contribution in [0, 0.1) is 17.8 Å². The lowest BCUT2D eigenvalue weighted by Gasteiger charge is -2.37. The van der Waals surface area contributed by atoms with Crippen molar-refractivity contribution >= 4 is 10.8 Å². The van der Waals surface area contributed by atoms with Gasteiger partial charge in [-0.05, 0) is 67.6 Å². The Kier molecular flexibility index (Phi) is 5.38. The van der Waals surface area contributed by atoms with Crippen molar-refractivity contribution in [3.63, 3.8) is 0 Å². The van der Waals surface area contributed by atoms with Crippen molar-refractivity contribution in [2.24, 2.45) is 5.92 Å². The molecule has 0 amide bonds. The fraction of sp³-hybridized carbons (Fsp3) is 0.500. The van der Waals surface area contributed by atoms with Crippen molar-refractivity contribution in [1.29, 1.82) is 0 Å². The number of hydrogen-bond acceptors (Lipinski definition) is 1. The average Bonchev–Trinajstić information content (AvgIpc) is 2.70. The lowest BCUT2D eigenvalue weighted by molar-refractivity contribution is 0.133. The average molecular weight is 332 g/mol. The van der Waals surface area contributed by atoms with Crippen molar-refractivity contribution in [2.75, 3.05) is 13.1 Å². The van der Waals surface area contributed by atoms with Crippen LogP contribution in [0.5, 0.6) is 0 Å². The number of benzene rings is 2. The van der Waals surface area contributed by atoms with Crippen LogP contribution in [-0.2, 0) is 0 Å². The maximum atomic E-state index is 3.72. The van der Waals surface area contributed by atoms with Crippen LogP contribution in [0.2, 0.25) is 0 Å². The van der Waals surface area contributed by atoms with Gasteiger partial charge in [0.25, 0.3) is 0 Å². The predicted octanol–water partition coefficient (Wildman–Crippen LogP) is 5.63. The summed E-state index contributed by atoms with van der Waals surface area (Å²) in [6.45, 7) is 2.49. The Labute approximate surface area is 152 Å². The molecule has 2 aromatic rings. The summed E-state index contributed by atoms with van der Waals surface area (Å²) in [7, 11) is 0. The smallest absolute Gasteiger partial charge is 0.0746 e. The van der Waals surface area contributed by atoms with E-state index in [1.54, 1.807) is 0 Å². The van der Waals surface area contributed by atoms with Crippen molar-refractivity contribution < 1.29 is 0 Å². The first-order valence-electron chi connectivity index (χ1n) is 10.1. The maximum Gasteiger partial charge on any atom is 0.0746 e. The summed E-state index contributed by atoms with van der Waals surface area (Å²) in [6.07, 6.45) is 11.0. The van der Waals surface area contributed by atoms with Crippen LogP contribution in [-0.4, -0.2) is 24.0 Å². The fourth-order valence-corrected chi connectivity index (χ4v) is 4.58. The molecule has 2 fully saturated rings. The minimum Gasteiger partial charge on any atom is -0.290 e. The van der Waals surface area contributed by atoms with E-state index < -0.39 is 0 Å². The Morgan fingerprint density at radius 3 is 2.32 bits per heavy atom. The van der Waals surface area contributed by atoms with Gasteiger partial charge in [0.05, 0.1) is 6.04 Å². The molecule has 1 saturated heterocycles. The van der Waals surface area contributed by atoms with Crippen LogP contribution >= 0.6 is 0 Å². The Morgan fingerprint density at radius 2 is 1.52 bits per heavy atom. The molecule has 0 aromatic heterocycles. The van der Waals surface area contributed by atoms with Gasteiger partial charge < -0.3 is 0 Å². The number of likely N-dealkylation sites (tertiary alicyclic amines) is 1. The molecule has 0 radical (unpaired) electrons. The van der Waals surface area contributed by atoms with Gasteiger partial charge in [0, 0.05) is 5.56 Å². The van der Waals surface area contributed by atoms with E-state index in [4.69, 9.17) is 0 Å². The van der Waals surface area contributed by atoms with Gasteiger partial charge in [-0.2, -0.15) is 0 Å². The second kappa shape index (κ2) is 8.07. The minimum absolute atomic E-state index is 0.465. The molecule has 0 spiro atoms. The first-order valence-corrected chi connectivity index (χ1v) is 10.1. The number of nitrogens with zero attached hydrogens (tertiary/aromatic N) is 1. The summed E-state index contributed by atoms with van der Waals surface area (Å²) >= 11 is 0. The lowest BCUT2D eigenvalue weighted by Crippen LogP contribution is -2.43. The lowest BCUT2D eigenvalue weighted by atomic mass is 9.82. The molecule has 1 heteroatoms. The van der Waals surface area contributed by atoms with Crippen molar-refractivity contribution in [3.05, 3.63) is 48.0 Å². The zero-order chi connectivity index (χ0) is 16.9. The molecule has 1 saturated carbocycles. The molecular formula is C24H29N. The molecule has 130 valence electrons. The Balaban J connectivity index is 1.59. The summed E-state index contributed by atoms with van der Waals surface area (Å²) in [6, 6.07) is 15.7. The van der Waals surface area contributed by atoms with Crippen LogP contribution in [0.4, 0.5) is 0 Å². The molecule has 25 heavy (non-hydrogen) atoms. The SMILES string of the molecule is C(#CC(C1CCCCC1)N1CCCCC1)c1ccc2ccccc2c1. The Hall–Kier alpha value is -1.78. The van der Waals surface area contributed by atoms with Gasteiger partial charge in [-0.25, -0.2) is 0 Å². The third kappa shape index (κ3) is 4.07. The maximum absolute atomic E-state index is 3.72. The number of rotatable bonds is 2. The second-order valence-corrected chi connectivity index (χ2v) is 7.77. The quantitative estimate of drug-likeness (QED) is 0.645. The molecule has 0 N–H and O–H groups in total. The number of piperidine rings is 1. The van der Waals surface area contributed by atoms with Gasteiger partial charge in [0.1, 0.15) is 0 Å². The Bertz CT molecular complexity index is 736. The second-order valence-electron chi connectivity index (χ2n) is 7.77. The van der Waals surface area contributed by atoms with Crippen LogP contribution in [0.25, 0.3) is 10.8 Å². The standard InChI is InChI=1S/C24H29N/c1-3-10-22(11-4-1)24(25-17-7-2-8-18-25)16-14-20-13-15-21-9-5-6-12-23(21)19-20/h5-6,9,12-13,15,19,22,24H,1-4,7-8,10-11,17-18H2. The zero-order valence-electron chi connectivity index (χ0n) is 15.2. The highest BCUT2D eigenvalue weighted by Gasteiger charge is 2.28. The van der Waals surface area contributed by atoms with Crippen LogP contribution in [0.1, 0.15) is 56.9 Å². The third-order valence-corrected chi connectivity index (χ3v) is 5.99. The van der Waals surface area contributed by atoms with Gasteiger partial charge in [0.2, 0.25) is 0 Å². The van der Waals surface area contributed by atoms with Crippen molar-refractivity contribution in [2.45, 2.75) is 57.4 Å². The van der Waals surface area contributed by atoms with Crippen molar-refractivity contribution in [3.8, 4) is 11.8 Å². The topological polar surface area (TPSA) is 3.24 Å². The highest BCUT2D eigenvalue weighted by molar-refractivity contribution is 5.83. The van der Waals surface area contributed by atoms with Crippen LogP contribution in [0.3, 0.4) is 0 Å². The van der Waals surface area contributed by atoms with Crippen LogP contribution in [0.15, 0.2) is 42.5 Å². The summed E-state index contributed by atoms with van der Waals surface area (Å²) in [4.78, 5) is 2.69. The molecule has 2 aromatic carbocycles. The van der Waals surface area contributed by atoms with E-state index in [0.29, 0.717) is 6.04 Å². The summed E-state index contributed by atoms with van der Waals surface area (Å²) in [5, 5.41) is 2.59. The predicted molar refractivity (Wildman–Crippen MR) is 107 cm³/mol. The van der Waals surface area contributed by atoms with Gasteiger partial charge in [0.15, 0.2) is 0 Å². The van der Waals surface area contributed by atoms with E-state index in [-0.39, 0.29) is 0 Å². The minimum atomic E-state index is 0.465. The normalized spacial score (nSPS) is 20.8. The van der Waals surface area contributed by atoms with Crippen LogP contribution < -0.4 is 0 Å². The molecule has 0 bridgehead atoms. The Morgan fingerprint density at radius 1 is 0.800 bits per heavy atom. The van der Waals surface area contributed by atoms with Gasteiger partial charge >= 0.3 is 0 Å². The number of fused-ring (bicyclic) bond motifs is 1. The summed E-state index contributed by atoms with van der Waals surface area (Å²) in [5.41, 5.74) is 1.16. The highest BCUT2D eigenvalue weighted by Crippen LogP contribution is 2.30.